The molecule has 0 amide bonds. The zero-order valence-corrected chi connectivity index (χ0v) is 11.0. The van der Waals surface area contributed by atoms with E-state index in [0.29, 0.717) is 0 Å². The molecule has 2 N–H and O–H groups in total. The second-order valence-electron chi connectivity index (χ2n) is 6.00. The molecule has 0 aromatic heterocycles. The van der Waals surface area contributed by atoms with Gasteiger partial charge in [-0.2, -0.15) is 0 Å². The monoisotopic (exact) mass is 224 g/mol. The third-order valence-corrected chi connectivity index (χ3v) is 4.46. The first-order valence-electron chi connectivity index (χ1n) is 7.24. The first-order chi connectivity index (χ1) is 7.77. The van der Waals surface area contributed by atoms with Crippen LogP contribution in [0.25, 0.3) is 0 Å². The maximum atomic E-state index is 3.83. The summed E-state index contributed by atoms with van der Waals surface area (Å²) in [7, 11) is 0. The summed E-state index contributed by atoms with van der Waals surface area (Å²) in [5.41, 5.74) is 0. The first-order valence-corrected chi connectivity index (χ1v) is 7.24. The molecule has 94 valence electrons. The van der Waals surface area contributed by atoms with E-state index in [9.17, 15) is 0 Å². The summed E-state index contributed by atoms with van der Waals surface area (Å²) in [5.74, 6) is 1.75. The van der Waals surface area contributed by atoms with Crippen molar-refractivity contribution in [3.05, 3.63) is 0 Å². The van der Waals surface area contributed by atoms with E-state index in [-0.39, 0.29) is 0 Å². The van der Waals surface area contributed by atoms with Crippen LogP contribution in [-0.2, 0) is 0 Å². The molecular formula is C14H28N2. The lowest BCUT2D eigenvalue weighted by atomic mass is 9.78. The van der Waals surface area contributed by atoms with Gasteiger partial charge in [0.2, 0.25) is 0 Å². The SMILES string of the molecule is CC(C)C1CCCCC1NCC1CCCN1. The Morgan fingerprint density at radius 3 is 2.62 bits per heavy atom. The predicted molar refractivity (Wildman–Crippen MR) is 69.6 cm³/mol. The number of hydrogen-bond acceptors (Lipinski definition) is 2. The molecule has 1 aliphatic heterocycles. The minimum atomic E-state index is 0.745. The summed E-state index contributed by atoms with van der Waals surface area (Å²) in [5, 5.41) is 7.41. The zero-order valence-electron chi connectivity index (χ0n) is 11.0. The number of rotatable bonds is 4. The van der Waals surface area contributed by atoms with Gasteiger partial charge in [-0.15, -0.1) is 0 Å². The molecule has 1 aliphatic carbocycles. The van der Waals surface area contributed by atoms with E-state index in [1.165, 1.54) is 51.6 Å². The molecule has 0 aromatic rings. The van der Waals surface area contributed by atoms with Crippen LogP contribution in [0.1, 0.15) is 52.4 Å². The largest absolute Gasteiger partial charge is 0.313 e. The molecule has 16 heavy (non-hydrogen) atoms. The molecule has 2 aliphatic rings. The Balaban J connectivity index is 1.76. The minimum absolute atomic E-state index is 0.745. The molecule has 0 aromatic carbocycles. The molecule has 0 radical (unpaired) electrons. The molecule has 1 heterocycles. The van der Waals surface area contributed by atoms with Gasteiger partial charge < -0.3 is 10.6 Å². The van der Waals surface area contributed by atoms with Gasteiger partial charge >= 0.3 is 0 Å². The van der Waals surface area contributed by atoms with Crippen molar-refractivity contribution in [1.82, 2.24) is 10.6 Å². The van der Waals surface area contributed by atoms with Crippen LogP contribution in [0.15, 0.2) is 0 Å². The van der Waals surface area contributed by atoms with Crippen molar-refractivity contribution in [1.29, 1.82) is 0 Å². The Morgan fingerprint density at radius 2 is 1.94 bits per heavy atom. The Bertz CT molecular complexity index is 197. The van der Waals surface area contributed by atoms with Crippen LogP contribution >= 0.6 is 0 Å². The third kappa shape index (κ3) is 3.21. The summed E-state index contributed by atoms with van der Waals surface area (Å²) in [6, 6.07) is 1.53. The van der Waals surface area contributed by atoms with E-state index in [0.717, 1.165) is 23.9 Å². The Kier molecular flexibility index (Phi) is 4.66. The molecular weight excluding hydrogens is 196 g/mol. The first kappa shape index (κ1) is 12.4. The highest BCUT2D eigenvalue weighted by molar-refractivity contribution is 4.85. The van der Waals surface area contributed by atoms with Gasteiger partial charge in [-0.3, -0.25) is 0 Å². The van der Waals surface area contributed by atoms with E-state index >= 15 is 0 Å². The van der Waals surface area contributed by atoms with Gasteiger partial charge in [0.05, 0.1) is 0 Å². The molecule has 2 rings (SSSR count). The van der Waals surface area contributed by atoms with E-state index in [2.05, 4.69) is 24.5 Å². The van der Waals surface area contributed by atoms with Crippen LogP contribution in [0.4, 0.5) is 0 Å². The lowest BCUT2D eigenvalue weighted by Crippen LogP contribution is -2.45. The zero-order chi connectivity index (χ0) is 11.4. The average molecular weight is 224 g/mol. The Labute approximate surface area is 101 Å². The van der Waals surface area contributed by atoms with Gasteiger partial charge in [-0.1, -0.05) is 26.7 Å². The smallest absolute Gasteiger partial charge is 0.0193 e. The van der Waals surface area contributed by atoms with Crippen LogP contribution in [0.5, 0.6) is 0 Å². The molecule has 0 spiro atoms. The van der Waals surface area contributed by atoms with Gasteiger partial charge in [-0.05, 0) is 44.1 Å². The fourth-order valence-corrected chi connectivity index (χ4v) is 3.44. The number of hydrogen-bond donors (Lipinski definition) is 2. The normalized spacial score (nSPS) is 35.8. The van der Waals surface area contributed by atoms with Crippen molar-refractivity contribution in [2.75, 3.05) is 13.1 Å². The standard InChI is InChI=1S/C14H28N2/c1-11(2)13-7-3-4-8-14(13)16-10-12-6-5-9-15-12/h11-16H,3-10H2,1-2H3. The van der Waals surface area contributed by atoms with Crippen LogP contribution in [0.3, 0.4) is 0 Å². The Hall–Kier alpha value is -0.0800. The molecule has 3 unspecified atom stereocenters. The third-order valence-electron chi connectivity index (χ3n) is 4.46. The number of nitrogens with one attached hydrogen (secondary N) is 2. The second-order valence-corrected chi connectivity index (χ2v) is 6.00. The molecule has 1 saturated heterocycles. The lowest BCUT2D eigenvalue weighted by molar-refractivity contribution is 0.203. The van der Waals surface area contributed by atoms with Gasteiger partial charge in [0.25, 0.3) is 0 Å². The van der Waals surface area contributed by atoms with Gasteiger partial charge in [0.1, 0.15) is 0 Å². The summed E-state index contributed by atoms with van der Waals surface area (Å²) in [4.78, 5) is 0. The summed E-state index contributed by atoms with van der Waals surface area (Å²) < 4.78 is 0. The highest BCUT2D eigenvalue weighted by atomic mass is 15.0. The van der Waals surface area contributed by atoms with Crippen molar-refractivity contribution < 1.29 is 0 Å². The molecule has 3 atom stereocenters. The fraction of sp³-hybridized carbons (Fsp3) is 1.00. The van der Waals surface area contributed by atoms with Crippen LogP contribution < -0.4 is 10.6 Å². The van der Waals surface area contributed by atoms with Crippen molar-refractivity contribution in [2.45, 2.75) is 64.5 Å². The van der Waals surface area contributed by atoms with E-state index in [1.54, 1.807) is 0 Å². The highest BCUT2D eigenvalue weighted by Crippen LogP contribution is 2.30. The van der Waals surface area contributed by atoms with Crippen molar-refractivity contribution in [3.8, 4) is 0 Å². The molecule has 2 heteroatoms. The molecule has 0 bridgehead atoms. The van der Waals surface area contributed by atoms with E-state index in [4.69, 9.17) is 0 Å². The second kappa shape index (κ2) is 6.02. The highest BCUT2D eigenvalue weighted by Gasteiger charge is 2.27. The van der Waals surface area contributed by atoms with E-state index in [1.807, 2.05) is 0 Å². The van der Waals surface area contributed by atoms with Crippen molar-refractivity contribution in [3.63, 3.8) is 0 Å². The fourth-order valence-electron chi connectivity index (χ4n) is 3.44. The van der Waals surface area contributed by atoms with Gasteiger partial charge in [0.15, 0.2) is 0 Å². The van der Waals surface area contributed by atoms with Crippen molar-refractivity contribution >= 4 is 0 Å². The molecule has 1 saturated carbocycles. The summed E-state index contributed by atoms with van der Waals surface area (Å²) in [6.45, 7) is 7.19. The van der Waals surface area contributed by atoms with Crippen LogP contribution in [0.2, 0.25) is 0 Å². The predicted octanol–water partition coefficient (Wildman–Crippen LogP) is 2.54. The quantitative estimate of drug-likeness (QED) is 0.767. The average Bonchev–Trinajstić information content (AvgIpc) is 2.79. The van der Waals surface area contributed by atoms with Crippen LogP contribution in [-0.4, -0.2) is 25.2 Å². The Morgan fingerprint density at radius 1 is 1.12 bits per heavy atom. The van der Waals surface area contributed by atoms with E-state index < -0.39 is 0 Å². The van der Waals surface area contributed by atoms with Gasteiger partial charge in [0, 0.05) is 18.6 Å². The maximum Gasteiger partial charge on any atom is 0.0193 e. The minimum Gasteiger partial charge on any atom is -0.313 e. The van der Waals surface area contributed by atoms with Crippen LogP contribution in [0, 0.1) is 11.8 Å². The molecule has 2 nitrogen and oxygen atoms in total. The summed E-state index contributed by atoms with van der Waals surface area (Å²) in [6.07, 6.45) is 8.45. The lowest BCUT2D eigenvalue weighted by Gasteiger charge is -2.35. The van der Waals surface area contributed by atoms with Crippen molar-refractivity contribution in [2.24, 2.45) is 11.8 Å². The topological polar surface area (TPSA) is 24.1 Å². The maximum absolute atomic E-state index is 3.83. The summed E-state index contributed by atoms with van der Waals surface area (Å²) >= 11 is 0. The van der Waals surface area contributed by atoms with Gasteiger partial charge in [-0.25, -0.2) is 0 Å². The molecule has 2 fully saturated rings.